The highest BCUT2D eigenvalue weighted by Gasteiger charge is 2.38. The van der Waals surface area contributed by atoms with Crippen molar-refractivity contribution in [3.8, 4) is 0 Å². The summed E-state index contributed by atoms with van der Waals surface area (Å²) in [5.41, 5.74) is 7.23. The number of nitro benzene ring substituents is 1. The van der Waals surface area contributed by atoms with E-state index in [9.17, 15) is 10.1 Å². The number of fused-ring (bicyclic) bond motifs is 1. The van der Waals surface area contributed by atoms with Crippen molar-refractivity contribution in [3.63, 3.8) is 0 Å². The molecule has 2 aliphatic rings. The minimum Gasteiger partial charge on any atom is -0.327 e. The minimum absolute atomic E-state index is 0.0425. The zero-order chi connectivity index (χ0) is 15.0. The van der Waals surface area contributed by atoms with Crippen molar-refractivity contribution >= 4 is 17.3 Å². The highest BCUT2D eigenvalue weighted by Crippen LogP contribution is 2.36. The first-order valence-corrected chi connectivity index (χ1v) is 7.83. The van der Waals surface area contributed by atoms with Gasteiger partial charge in [0.2, 0.25) is 0 Å². The van der Waals surface area contributed by atoms with Crippen molar-refractivity contribution < 1.29 is 4.92 Å². The van der Waals surface area contributed by atoms with Crippen LogP contribution < -0.4 is 5.73 Å². The number of halogens is 1. The van der Waals surface area contributed by atoms with E-state index in [2.05, 4.69) is 4.90 Å². The Morgan fingerprint density at radius 2 is 2.19 bits per heavy atom. The fourth-order valence-corrected chi connectivity index (χ4v) is 3.99. The maximum Gasteiger partial charge on any atom is 0.270 e. The van der Waals surface area contributed by atoms with Crippen LogP contribution in [-0.2, 0) is 6.54 Å². The molecule has 3 rings (SSSR count). The summed E-state index contributed by atoms with van der Waals surface area (Å²) in [4.78, 5) is 12.7. The molecule has 0 amide bonds. The number of likely N-dealkylation sites (tertiary alicyclic amines) is 1. The van der Waals surface area contributed by atoms with Crippen molar-refractivity contribution in [1.82, 2.24) is 4.90 Å². The topological polar surface area (TPSA) is 72.4 Å². The van der Waals surface area contributed by atoms with Gasteiger partial charge in [0.15, 0.2) is 0 Å². The normalized spacial score (nSPS) is 29.3. The number of hydrogen-bond acceptors (Lipinski definition) is 4. The van der Waals surface area contributed by atoms with E-state index in [1.807, 2.05) is 0 Å². The molecule has 0 bridgehead atoms. The summed E-state index contributed by atoms with van der Waals surface area (Å²) >= 11 is 6.18. The lowest BCUT2D eigenvalue weighted by molar-refractivity contribution is -0.384. The second-order valence-corrected chi connectivity index (χ2v) is 6.65. The van der Waals surface area contributed by atoms with Gasteiger partial charge >= 0.3 is 0 Å². The van der Waals surface area contributed by atoms with E-state index < -0.39 is 4.92 Å². The minimum atomic E-state index is -0.418. The molecule has 114 valence electrons. The third-order valence-electron chi connectivity index (χ3n) is 4.87. The molecule has 3 atom stereocenters. The maximum atomic E-state index is 10.7. The Morgan fingerprint density at radius 3 is 2.86 bits per heavy atom. The van der Waals surface area contributed by atoms with Gasteiger partial charge in [-0.1, -0.05) is 18.0 Å². The Balaban J connectivity index is 1.69. The molecule has 0 spiro atoms. The van der Waals surface area contributed by atoms with Crippen molar-refractivity contribution in [1.29, 1.82) is 0 Å². The van der Waals surface area contributed by atoms with Crippen molar-refractivity contribution in [2.45, 2.75) is 31.8 Å². The third-order valence-corrected chi connectivity index (χ3v) is 5.22. The number of hydrogen-bond donors (Lipinski definition) is 1. The molecule has 0 aromatic heterocycles. The largest absolute Gasteiger partial charge is 0.327 e. The molecule has 1 aliphatic heterocycles. The average Bonchev–Trinajstić information content (AvgIpc) is 2.85. The van der Waals surface area contributed by atoms with Crippen LogP contribution in [-0.4, -0.2) is 29.0 Å². The van der Waals surface area contributed by atoms with E-state index in [0.717, 1.165) is 31.6 Å². The Labute approximate surface area is 129 Å². The maximum absolute atomic E-state index is 10.7. The molecule has 2 fully saturated rings. The molecule has 5 nitrogen and oxygen atoms in total. The monoisotopic (exact) mass is 309 g/mol. The Hall–Kier alpha value is -1.17. The van der Waals surface area contributed by atoms with Gasteiger partial charge in [-0.3, -0.25) is 15.0 Å². The summed E-state index contributed by atoms with van der Waals surface area (Å²) in [6, 6.07) is 5.05. The van der Waals surface area contributed by atoms with Gasteiger partial charge in [-0.15, -0.1) is 0 Å². The number of non-ortho nitro benzene ring substituents is 1. The van der Waals surface area contributed by atoms with Crippen LogP contribution in [0.3, 0.4) is 0 Å². The summed E-state index contributed by atoms with van der Waals surface area (Å²) in [6.45, 7) is 2.82. The van der Waals surface area contributed by atoms with E-state index in [4.69, 9.17) is 17.3 Å². The van der Waals surface area contributed by atoms with Crippen LogP contribution in [0.2, 0.25) is 5.02 Å². The zero-order valence-corrected chi connectivity index (χ0v) is 12.6. The quantitative estimate of drug-likeness (QED) is 0.688. The van der Waals surface area contributed by atoms with Crippen molar-refractivity contribution in [2.75, 3.05) is 13.1 Å². The molecular weight excluding hydrogens is 290 g/mol. The Kier molecular flexibility index (Phi) is 4.15. The number of rotatable bonds is 3. The van der Waals surface area contributed by atoms with Gasteiger partial charge in [0.05, 0.1) is 9.95 Å². The molecule has 2 N–H and O–H groups in total. The summed E-state index contributed by atoms with van der Waals surface area (Å²) in [6.07, 6.45) is 3.63. The first-order valence-electron chi connectivity index (χ1n) is 7.45. The summed E-state index contributed by atoms with van der Waals surface area (Å²) < 4.78 is 0. The standard InChI is InChI=1S/C15H20ClN3O2/c16-14-6-12(19(20)21)5-4-11(14)8-18-7-10-2-1-3-15(17)13(10)9-18/h4-6,10,13,15H,1-3,7-9,17H2. The molecule has 21 heavy (non-hydrogen) atoms. The highest BCUT2D eigenvalue weighted by atomic mass is 35.5. The zero-order valence-electron chi connectivity index (χ0n) is 11.9. The van der Waals surface area contributed by atoms with Gasteiger partial charge < -0.3 is 5.73 Å². The molecule has 1 aromatic rings. The second-order valence-electron chi connectivity index (χ2n) is 6.25. The van der Waals surface area contributed by atoms with Gasteiger partial charge in [0, 0.05) is 37.8 Å². The fraction of sp³-hybridized carbons (Fsp3) is 0.600. The molecule has 1 saturated carbocycles. The van der Waals surface area contributed by atoms with Gasteiger partial charge in [-0.25, -0.2) is 0 Å². The first-order chi connectivity index (χ1) is 10.0. The van der Waals surface area contributed by atoms with Crippen molar-refractivity contribution in [2.24, 2.45) is 17.6 Å². The van der Waals surface area contributed by atoms with Crippen LogP contribution >= 0.6 is 11.6 Å². The molecule has 1 saturated heterocycles. The molecule has 6 heteroatoms. The van der Waals surface area contributed by atoms with Gasteiger partial charge in [0.25, 0.3) is 5.69 Å². The van der Waals surface area contributed by atoms with Crippen molar-refractivity contribution in [3.05, 3.63) is 38.9 Å². The van der Waals surface area contributed by atoms with E-state index >= 15 is 0 Å². The highest BCUT2D eigenvalue weighted by molar-refractivity contribution is 6.31. The number of nitrogens with two attached hydrogens (primary N) is 1. The van der Waals surface area contributed by atoms with Crippen LogP contribution in [0.4, 0.5) is 5.69 Å². The smallest absolute Gasteiger partial charge is 0.270 e. The Morgan fingerprint density at radius 1 is 1.38 bits per heavy atom. The van der Waals surface area contributed by atoms with E-state index in [0.29, 0.717) is 22.9 Å². The lowest BCUT2D eigenvalue weighted by atomic mass is 9.78. The molecule has 1 aliphatic carbocycles. The predicted octanol–water partition coefficient (Wildman–Crippen LogP) is 2.81. The van der Waals surface area contributed by atoms with Gasteiger partial charge in [-0.05, 0) is 36.3 Å². The number of nitrogens with zero attached hydrogens (tertiary/aromatic N) is 2. The molecule has 1 heterocycles. The molecule has 3 unspecified atom stereocenters. The fourth-order valence-electron chi connectivity index (χ4n) is 3.76. The summed E-state index contributed by atoms with van der Waals surface area (Å²) in [5.74, 6) is 1.29. The van der Waals surface area contributed by atoms with E-state index in [1.54, 1.807) is 6.07 Å². The molecule has 1 aromatic carbocycles. The predicted molar refractivity (Wildman–Crippen MR) is 82.2 cm³/mol. The van der Waals surface area contributed by atoms with Gasteiger partial charge in [-0.2, -0.15) is 0 Å². The summed E-state index contributed by atoms with van der Waals surface area (Å²) in [5, 5.41) is 11.2. The van der Waals surface area contributed by atoms with Crippen LogP contribution in [0, 0.1) is 22.0 Å². The van der Waals surface area contributed by atoms with Crippen LogP contribution in [0.25, 0.3) is 0 Å². The van der Waals surface area contributed by atoms with Crippen LogP contribution in [0.5, 0.6) is 0 Å². The van der Waals surface area contributed by atoms with E-state index in [1.165, 1.54) is 25.0 Å². The summed E-state index contributed by atoms with van der Waals surface area (Å²) in [7, 11) is 0. The number of benzene rings is 1. The van der Waals surface area contributed by atoms with E-state index in [-0.39, 0.29) is 5.69 Å². The molecular formula is C15H20ClN3O2. The van der Waals surface area contributed by atoms with Crippen LogP contribution in [0.1, 0.15) is 24.8 Å². The molecule has 0 radical (unpaired) electrons. The number of nitro groups is 1. The average molecular weight is 310 g/mol. The lowest BCUT2D eigenvalue weighted by Crippen LogP contribution is -2.38. The Bertz CT molecular complexity index is 552. The lowest BCUT2D eigenvalue weighted by Gasteiger charge is -2.29. The second kappa shape index (κ2) is 5.91. The SMILES string of the molecule is NC1CCCC2CN(Cc3ccc([N+](=O)[O-])cc3Cl)CC12. The first kappa shape index (κ1) is 14.8. The van der Waals surface area contributed by atoms with Crippen LogP contribution in [0.15, 0.2) is 18.2 Å². The third kappa shape index (κ3) is 3.05. The van der Waals surface area contributed by atoms with Gasteiger partial charge in [0.1, 0.15) is 0 Å².